The monoisotopic (exact) mass is 387 g/mol. The maximum atomic E-state index is 12.9. The predicted molar refractivity (Wildman–Crippen MR) is 104 cm³/mol. The maximum absolute atomic E-state index is 12.9. The molecule has 2 aliphatic rings. The molecule has 7 heteroatoms. The molecule has 0 aliphatic carbocycles. The number of rotatable bonds is 4. The summed E-state index contributed by atoms with van der Waals surface area (Å²) in [4.78, 5) is 17.6. The van der Waals surface area contributed by atoms with E-state index in [4.69, 9.17) is 4.98 Å². The Hall–Kier alpha value is -2.15. The van der Waals surface area contributed by atoms with Crippen LogP contribution >= 0.6 is 0 Å². The lowest BCUT2D eigenvalue weighted by atomic mass is 10.1. The number of carbonyl (C=O) groups excluding carboxylic acids is 1. The highest BCUT2D eigenvalue weighted by atomic mass is 32.2. The van der Waals surface area contributed by atoms with Crippen LogP contribution in [0.4, 0.5) is 0 Å². The van der Waals surface area contributed by atoms with Gasteiger partial charge in [0.15, 0.2) is 9.84 Å². The number of nitrogens with zero attached hydrogens (tertiary/aromatic N) is 2. The zero-order valence-electron chi connectivity index (χ0n) is 15.4. The third kappa shape index (κ3) is 3.93. The van der Waals surface area contributed by atoms with Crippen LogP contribution in [-0.2, 0) is 22.8 Å². The van der Waals surface area contributed by atoms with Gasteiger partial charge in [0.25, 0.3) is 5.91 Å². The van der Waals surface area contributed by atoms with E-state index in [0.717, 1.165) is 49.3 Å². The van der Waals surface area contributed by atoms with Crippen LogP contribution in [0.3, 0.4) is 0 Å². The molecule has 1 saturated heterocycles. The van der Waals surface area contributed by atoms with E-state index in [1.807, 2.05) is 30.3 Å². The van der Waals surface area contributed by atoms with Crippen LogP contribution in [-0.4, -0.2) is 41.9 Å². The first-order valence-corrected chi connectivity index (χ1v) is 11.5. The lowest BCUT2D eigenvalue weighted by Crippen LogP contribution is -2.30. The van der Waals surface area contributed by atoms with Crippen LogP contribution < -0.4 is 5.32 Å². The van der Waals surface area contributed by atoms with Crippen molar-refractivity contribution in [2.45, 2.75) is 38.6 Å². The third-order valence-electron chi connectivity index (χ3n) is 5.49. The van der Waals surface area contributed by atoms with E-state index >= 15 is 0 Å². The van der Waals surface area contributed by atoms with Crippen molar-refractivity contribution >= 4 is 15.7 Å². The largest absolute Gasteiger partial charge is 0.350 e. The van der Waals surface area contributed by atoms with Gasteiger partial charge in [0.05, 0.1) is 17.2 Å². The minimum atomic E-state index is -2.93. The highest BCUT2D eigenvalue weighted by molar-refractivity contribution is 7.91. The van der Waals surface area contributed by atoms with Crippen molar-refractivity contribution in [3.05, 3.63) is 41.7 Å². The number of hydrogen-bond donors (Lipinski definition) is 1. The summed E-state index contributed by atoms with van der Waals surface area (Å²) in [6.07, 6.45) is 4.77. The first-order chi connectivity index (χ1) is 13.0. The van der Waals surface area contributed by atoms with Gasteiger partial charge in [-0.1, -0.05) is 36.8 Å². The fraction of sp³-hybridized carbons (Fsp3) is 0.500. The van der Waals surface area contributed by atoms with Crippen LogP contribution in [0, 0.1) is 5.92 Å². The summed E-state index contributed by atoms with van der Waals surface area (Å²) in [5, 5.41) is 2.93. The molecule has 0 spiro atoms. The SMILES string of the molecule is O=C(NCC1CCS(=O)(=O)C1)c1nc(-c2ccccc2)n2c1CCCCC2. The van der Waals surface area contributed by atoms with E-state index in [2.05, 4.69) is 9.88 Å². The van der Waals surface area contributed by atoms with Crippen molar-refractivity contribution in [3.8, 4) is 11.4 Å². The number of carbonyl (C=O) groups is 1. The lowest BCUT2D eigenvalue weighted by Gasteiger charge is -2.10. The Morgan fingerprint density at radius 1 is 1.19 bits per heavy atom. The molecule has 0 radical (unpaired) electrons. The number of imidazole rings is 1. The molecule has 1 unspecified atom stereocenters. The number of hydrogen-bond acceptors (Lipinski definition) is 4. The van der Waals surface area contributed by atoms with Crippen LogP contribution in [0.2, 0.25) is 0 Å². The Labute approximate surface area is 159 Å². The average molecular weight is 388 g/mol. The zero-order chi connectivity index (χ0) is 18.9. The summed E-state index contributed by atoms with van der Waals surface area (Å²) in [5.41, 5.74) is 2.51. The minimum absolute atomic E-state index is 0.00811. The number of fused-ring (bicyclic) bond motifs is 1. The van der Waals surface area contributed by atoms with E-state index in [0.29, 0.717) is 18.7 Å². The second kappa shape index (κ2) is 7.46. The van der Waals surface area contributed by atoms with Gasteiger partial charge in [0.1, 0.15) is 11.5 Å². The zero-order valence-corrected chi connectivity index (χ0v) is 16.2. The van der Waals surface area contributed by atoms with Crippen molar-refractivity contribution in [2.24, 2.45) is 5.92 Å². The van der Waals surface area contributed by atoms with Gasteiger partial charge < -0.3 is 9.88 Å². The predicted octanol–water partition coefficient (Wildman–Crippen LogP) is 2.44. The van der Waals surface area contributed by atoms with Gasteiger partial charge in [-0.3, -0.25) is 4.79 Å². The van der Waals surface area contributed by atoms with Gasteiger partial charge in [-0.2, -0.15) is 0 Å². The molecule has 1 atom stereocenters. The highest BCUT2D eigenvalue weighted by Gasteiger charge is 2.29. The normalized spacial score (nSPS) is 21.4. The molecule has 1 fully saturated rings. The summed E-state index contributed by atoms with van der Waals surface area (Å²) in [7, 11) is -2.93. The molecule has 2 aromatic rings. The van der Waals surface area contributed by atoms with Crippen molar-refractivity contribution in [1.82, 2.24) is 14.9 Å². The third-order valence-corrected chi connectivity index (χ3v) is 7.33. The van der Waals surface area contributed by atoms with E-state index < -0.39 is 9.84 Å². The smallest absolute Gasteiger partial charge is 0.271 e. The Balaban J connectivity index is 1.58. The highest BCUT2D eigenvalue weighted by Crippen LogP contribution is 2.27. The van der Waals surface area contributed by atoms with Crippen LogP contribution in [0.1, 0.15) is 41.9 Å². The maximum Gasteiger partial charge on any atom is 0.271 e. The van der Waals surface area contributed by atoms with Crippen LogP contribution in [0.5, 0.6) is 0 Å². The van der Waals surface area contributed by atoms with Gasteiger partial charge in [0, 0.05) is 18.7 Å². The molecule has 1 aromatic carbocycles. The molecule has 2 aliphatic heterocycles. The molecule has 27 heavy (non-hydrogen) atoms. The molecule has 4 rings (SSSR count). The molecular weight excluding hydrogens is 362 g/mol. The van der Waals surface area contributed by atoms with Crippen molar-refractivity contribution < 1.29 is 13.2 Å². The second-order valence-corrected chi connectivity index (χ2v) is 9.77. The Morgan fingerprint density at radius 2 is 2.00 bits per heavy atom. The van der Waals surface area contributed by atoms with Crippen molar-refractivity contribution in [3.63, 3.8) is 0 Å². The van der Waals surface area contributed by atoms with Gasteiger partial charge >= 0.3 is 0 Å². The van der Waals surface area contributed by atoms with Gasteiger partial charge in [-0.05, 0) is 31.6 Å². The fourth-order valence-electron chi connectivity index (χ4n) is 4.06. The molecule has 6 nitrogen and oxygen atoms in total. The molecule has 1 N–H and O–H groups in total. The Bertz CT molecular complexity index is 935. The van der Waals surface area contributed by atoms with Crippen LogP contribution in [0.15, 0.2) is 30.3 Å². The van der Waals surface area contributed by atoms with E-state index in [-0.39, 0.29) is 23.3 Å². The molecule has 1 amide bonds. The molecule has 3 heterocycles. The summed E-state index contributed by atoms with van der Waals surface area (Å²) in [6.45, 7) is 1.27. The van der Waals surface area contributed by atoms with E-state index in [9.17, 15) is 13.2 Å². The summed E-state index contributed by atoms with van der Waals surface area (Å²) in [6, 6.07) is 9.97. The molecule has 0 bridgehead atoms. The quantitative estimate of drug-likeness (QED) is 0.874. The number of benzene rings is 1. The molecule has 0 saturated carbocycles. The number of amides is 1. The second-order valence-electron chi connectivity index (χ2n) is 7.54. The van der Waals surface area contributed by atoms with E-state index in [1.54, 1.807) is 0 Å². The van der Waals surface area contributed by atoms with Crippen molar-refractivity contribution in [2.75, 3.05) is 18.1 Å². The van der Waals surface area contributed by atoms with Gasteiger partial charge in [0.2, 0.25) is 0 Å². The summed E-state index contributed by atoms with van der Waals surface area (Å²) >= 11 is 0. The topological polar surface area (TPSA) is 81.1 Å². The van der Waals surface area contributed by atoms with Crippen molar-refractivity contribution in [1.29, 1.82) is 0 Å². The number of nitrogens with one attached hydrogen (secondary N) is 1. The Morgan fingerprint density at radius 3 is 2.74 bits per heavy atom. The van der Waals surface area contributed by atoms with Crippen LogP contribution in [0.25, 0.3) is 11.4 Å². The van der Waals surface area contributed by atoms with E-state index in [1.165, 1.54) is 0 Å². The average Bonchev–Trinajstić information content (AvgIpc) is 3.10. The summed E-state index contributed by atoms with van der Waals surface area (Å²) < 4.78 is 25.4. The molecule has 144 valence electrons. The minimum Gasteiger partial charge on any atom is -0.350 e. The van der Waals surface area contributed by atoms with Gasteiger partial charge in [-0.15, -0.1) is 0 Å². The Kier molecular flexibility index (Phi) is 5.04. The lowest BCUT2D eigenvalue weighted by molar-refractivity contribution is 0.0942. The first-order valence-electron chi connectivity index (χ1n) is 9.67. The summed E-state index contributed by atoms with van der Waals surface area (Å²) in [5.74, 6) is 1.07. The molecule has 1 aromatic heterocycles. The standard InChI is InChI=1S/C20H25N3O3S/c24-20(21-13-15-10-12-27(25,26)14-15)18-17-9-5-2-6-11-23(17)19(22-18)16-7-3-1-4-8-16/h1,3-4,7-8,15H,2,5-6,9-14H2,(H,21,24). The first kappa shape index (κ1) is 18.2. The number of aromatic nitrogens is 2. The molecular formula is C20H25N3O3S. The number of sulfone groups is 1. The van der Waals surface area contributed by atoms with Gasteiger partial charge in [-0.25, -0.2) is 13.4 Å². The fourth-order valence-corrected chi connectivity index (χ4v) is 5.92.